The van der Waals surface area contributed by atoms with Gasteiger partial charge in [0.15, 0.2) is 5.75 Å². The second-order valence-corrected chi connectivity index (χ2v) is 7.37. The molecule has 0 radical (unpaired) electrons. The summed E-state index contributed by atoms with van der Waals surface area (Å²) >= 11 is 1.02. The van der Waals surface area contributed by atoms with E-state index in [1.54, 1.807) is 18.3 Å². The maximum Gasteiger partial charge on any atom is 0.348 e. The second kappa shape index (κ2) is 6.74. The topological polar surface area (TPSA) is 130 Å². The van der Waals surface area contributed by atoms with Crippen LogP contribution in [0.25, 0.3) is 10.2 Å². The zero-order chi connectivity index (χ0) is 20.8. The summed E-state index contributed by atoms with van der Waals surface area (Å²) in [5.41, 5.74) is 2.07. The van der Waals surface area contributed by atoms with Crippen LogP contribution >= 0.6 is 11.3 Å². The molecule has 4 aromatic rings. The smallest absolute Gasteiger partial charge is 0.348 e. The fourth-order valence-corrected chi connectivity index (χ4v) is 4.20. The number of pyridine rings is 2. The van der Waals surface area contributed by atoms with Crippen molar-refractivity contribution in [2.75, 3.05) is 10.2 Å². The first-order valence-electron chi connectivity index (χ1n) is 8.68. The number of aromatic carboxylic acids is 1. The molecule has 0 aliphatic carbocycles. The number of anilines is 3. The average molecular weight is 420 g/mol. The fourth-order valence-electron chi connectivity index (χ4n) is 3.25. The van der Waals surface area contributed by atoms with Gasteiger partial charge >= 0.3 is 12.0 Å². The van der Waals surface area contributed by atoms with E-state index in [2.05, 4.69) is 25.3 Å². The molecule has 0 spiro atoms. The number of hydrogen-bond acceptors (Lipinski definition) is 8. The predicted molar refractivity (Wildman–Crippen MR) is 109 cm³/mol. The van der Waals surface area contributed by atoms with Crippen LogP contribution in [0.5, 0.6) is 11.6 Å². The van der Waals surface area contributed by atoms with Gasteiger partial charge < -0.3 is 15.2 Å². The lowest BCUT2D eigenvalue weighted by Crippen LogP contribution is -2.34. The van der Waals surface area contributed by atoms with Crippen molar-refractivity contribution in [2.24, 2.45) is 0 Å². The van der Waals surface area contributed by atoms with E-state index >= 15 is 0 Å². The number of nitrogens with one attached hydrogen (secondary N) is 1. The van der Waals surface area contributed by atoms with Crippen molar-refractivity contribution >= 4 is 50.6 Å². The molecule has 148 valence electrons. The zero-order valence-corrected chi connectivity index (χ0v) is 16.2. The summed E-state index contributed by atoms with van der Waals surface area (Å²) in [7, 11) is 0. The van der Waals surface area contributed by atoms with E-state index in [1.165, 1.54) is 29.8 Å². The molecule has 11 heteroatoms. The van der Waals surface area contributed by atoms with Gasteiger partial charge in [-0.25, -0.2) is 29.5 Å². The maximum absolute atomic E-state index is 12.9. The molecule has 0 fully saturated rings. The molecule has 0 saturated heterocycles. The first-order chi connectivity index (χ1) is 14.5. The molecule has 0 saturated carbocycles. The van der Waals surface area contributed by atoms with Crippen LogP contribution in [-0.2, 0) is 0 Å². The highest BCUT2D eigenvalue weighted by molar-refractivity contribution is 7.21. The van der Waals surface area contributed by atoms with E-state index in [0.717, 1.165) is 16.9 Å². The summed E-state index contributed by atoms with van der Waals surface area (Å²) in [4.78, 5) is 42.8. The Balaban J connectivity index is 1.59. The predicted octanol–water partition coefficient (Wildman–Crippen LogP) is 3.96. The minimum Gasteiger partial charge on any atom is -0.477 e. The Kier molecular flexibility index (Phi) is 4.03. The number of carboxylic acids is 1. The molecule has 1 aliphatic rings. The summed E-state index contributed by atoms with van der Waals surface area (Å²) in [5.74, 6) is -0.350. The number of ether oxygens (including phenoxy) is 1. The molecule has 4 aromatic heterocycles. The van der Waals surface area contributed by atoms with E-state index in [4.69, 9.17) is 4.74 Å². The van der Waals surface area contributed by atoms with Crippen LogP contribution in [0.4, 0.5) is 21.9 Å². The number of amides is 2. The molecule has 0 atom stereocenters. The van der Waals surface area contributed by atoms with Gasteiger partial charge in [-0.15, -0.1) is 11.3 Å². The number of nitrogens with zero attached hydrogens (tertiary/aromatic N) is 5. The molecule has 0 aromatic carbocycles. The monoisotopic (exact) mass is 420 g/mol. The maximum atomic E-state index is 12.9. The van der Waals surface area contributed by atoms with Crippen molar-refractivity contribution < 1.29 is 19.4 Å². The van der Waals surface area contributed by atoms with Gasteiger partial charge in [-0.3, -0.25) is 4.90 Å². The van der Waals surface area contributed by atoms with Gasteiger partial charge in [0.05, 0.1) is 41.0 Å². The van der Waals surface area contributed by atoms with Gasteiger partial charge in [-0.1, -0.05) is 0 Å². The molecule has 2 N–H and O–H groups in total. The van der Waals surface area contributed by atoms with Gasteiger partial charge in [-0.05, 0) is 18.6 Å². The Labute approximate surface area is 172 Å². The van der Waals surface area contributed by atoms with Gasteiger partial charge in [0, 0.05) is 12.3 Å². The second-order valence-electron chi connectivity index (χ2n) is 6.37. The minimum atomic E-state index is -1.11. The minimum absolute atomic E-state index is 0.0432. The van der Waals surface area contributed by atoms with Crippen molar-refractivity contribution in [1.29, 1.82) is 0 Å². The summed E-state index contributed by atoms with van der Waals surface area (Å²) in [5, 5.41) is 12.7. The van der Waals surface area contributed by atoms with Crippen LogP contribution in [0.3, 0.4) is 0 Å². The summed E-state index contributed by atoms with van der Waals surface area (Å²) in [6.07, 6.45) is 7.50. The van der Waals surface area contributed by atoms with E-state index in [-0.39, 0.29) is 10.6 Å². The molecule has 10 nitrogen and oxygen atoms in total. The number of rotatable bonds is 4. The number of hydrogen-bond donors (Lipinski definition) is 2. The summed E-state index contributed by atoms with van der Waals surface area (Å²) in [6.45, 7) is 1.82. The van der Waals surface area contributed by atoms with Crippen molar-refractivity contribution in [3.8, 4) is 11.6 Å². The molecule has 0 bridgehead atoms. The molecule has 5 heterocycles. The Morgan fingerprint density at radius 1 is 1.20 bits per heavy atom. The lowest BCUT2D eigenvalue weighted by Gasteiger charge is -2.29. The molecule has 2 amide bonds. The van der Waals surface area contributed by atoms with E-state index in [0.29, 0.717) is 33.2 Å². The SMILES string of the molecule is Cc1cc(Oc2cncnc2)ncc1N1C(=O)Nc2c(C(=O)O)sc3nccc1c23. The third-order valence-electron chi connectivity index (χ3n) is 4.50. The standard InChI is InChI=1S/C19H12N6O4S/c1-9-4-13(29-10-5-20-8-21-6-10)23-7-12(9)25-11-2-3-22-17-14(11)15(24-19(25)28)16(30-17)18(26)27/h2-8H,1H3,(H,24,28)(H,26,27). The van der Waals surface area contributed by atoms with E-state index < -0.39 is 12.0 Å². The van der Waals surface area contributed by atoms with Gasteiger partial charge in [0.1, 0.15) is 16.0 Å². The summed E-state index contributed by atoms with van der Waals surface area (Å²) in [6, 6.07) is 2.89. The van der Waals surface area contributed by atoms with Crippen LogP contribution in [-0.4, -0.2) is 37.0 Å². The average Bonchev–Trinajstić information content (AvgIpc) is 3.10. The number of carbonyl (C=O) groups excluding carboxylic acids is 1. The highest BCUT2D eigenvalue weighted by atomic mass is 32.1. The number of carbonyl (C=O) groups is 2. The lowest BCUT2D eigenvalue weighted by atomic mass is 10.1. The number of thiophene rings is 1. The highest BCUT2D eigenvalue weighted by Gasteiger charge is 2.33. The van der Waals surface area contributed by atoms with Crippen molar-refractivity contribution in [2.45, 2.75) is 6.92 Å². The quantitative estimate of drug-likeness (QED) is 0.507. The molecule has 0 unspecified atom stereocenters. The Hall–Kier alpha value is -4.12. The van der Waals surface area contributed by atoms with Gasteiger partial charge in [-0.2, -0.15) is 0 Å². The Morgan fingerprint density at radius 3 is 2.73 bits per heavy atom. The van der Waals surface area contributed by atoms with Crippen molar-refractivity contribution in [3.05, 3.63) is 53.7 Å². The summed E-state index contributed by atoms with van der Waals surface area (Å²) < 4.78 is 5.64. The third kappa shape index (κ3) is 2.79. The number of urea groups is 1. The normalized spacial score (nSPS) is 12.7. The lowest BCUT2D eigenvalue weighted by molar-refractivity contribution is 0.0703. The van der Waals surface area contributed by atoms with Crippen LogP contribution in [0.15, 0.2) is 43.2 Å². The van der Waals surface area contributed by atoms with Crippen molar-refractivity contribution in [3.63, 3.8) is 0 Å². The molecular formula is C19H12N6O4S. The number of aromatic nitrogens is 4. The van der Waals surface area contributed by atoms with Crippen LogP contribution < -0.4 is 15.0 Å². The zero-order valence-electron chi connectivity index (χ0n) is 15.4. The largest absolute Gasteiger partial charge is 0.477 e. The fraction of sp³-hybridized carbons (Fsp3) is 0.0526. The number of carboxylic acid groups (broad SMARTS) is 1. The number of aryl methyl sites for hydroxylation is 1. The van der Waals surface area contributed by atoms with Gasteiger partial charge in [0.2, 0.25) is 5.88 Å². The van der Waals surface area contributed by atoms with E-state index in [9.17, 15) is 14.7 Å². The first-order valence-corrected chi connectivity index (χ1v) is 9.50. The van der Waals surface area contributed by atoms with Crippen molar-refractivity contribution in [1.82, 2.24) is 19.9 Å². The van der Waals surface area contributed by atoms with Crippen LogP contribution in [0, 0.1) is 6.92 Å². The first kappa shape index (κ1) is 17.9. The molecule has 5 rings (SSSR count). The van der Waals surface area contributed by atoms with Crippen LogP contribution in [0.2, 0.25) is 0 Å². The Bertz CT molecular complexity index is 1320. The Morgan fingerprint density at radius 2 is 2.00 bits per heavy atom. The van der Waals surface area contributed by atoms with Gasteiger partial charge in [0.25, 0.3) is 0 Å². The van der Waals surface area contributed by atoms with E-state index in [1.807, 2.05) is 6.92 Å². The highest BCUT2D eigenvalue weighted by Crippen LogP contribution is 2.46. The van der Waals surface area contributed by atoms with Crippen LogP contribution in [0.1, 0.15) is 15.2 Å². The molecular weight excluding hydrogens is 408 g/mol. The third-order valence-corrected chi connectivity index (χ3v) is 5.58. The molecule has 30 heavy (non-hydrogen) atoms. The molecule has 1 aliphatic heterocycles.